The third-order valence-corrected chi connectivity index (χ3v) is 10.2. The van der Waals surface area contributed by atoms with E-state index in [0.29, 0.717) is 43.1 Å². The first-order valence-corrected chi connectivity index (χ1v) is 14.2. The molecule has 3 aromatic rings. The van der Waals surface area contributed by atoms with Gasteiger partial charge in [0.15, 0.2) is 16.3 Å². The van der Waals surface area contributed by atoms with Gasteiger partial charge in [0.25, 0.3) is 15.9 Å². The summed E-state index contributed by atoms with van der Waals surface area (Å²) in [5, 5.41) is 1.69. The van der Waals surface area contributed by atoms with Crippen molar-refractivity contribution < 1.29 is 32.2 Å². The van der Waals surface area contributed by atoms with Gasteiger partial charge in [0, 0.05) is 18.7 Å². The van der Waals surface area contributed by atoms with E-state index in [4.69, 9.17) is 14.2 Å². The summed E-state index contributed by atoms with van der Waals surface area (Å²) >= 11 is 2.33. The molecule has 1 saturated heterocycles. The van der Waals surface area contributed by atoms with Crippen molar-refractivity contribution in [2.24, 2.45) is 4.99 Å². The molecule has 10 nitrogen and oxygen atoms in total. The van der Waals surface area contributed by atoms with Crippen molar-refractivity contribution >= 4 is 54.8 Å². The Morgan fingerprint density at radius 2 is 1.97 bits per heavy atom. The number of methoxy groups -OCH3 is 1. The van der Waals surface area contributed by atoms with Gasteiger partial charge in [-0.05, 0) is 24.3 Å². The molecule has 186 valence electrons. The molecular formula is C22H23N3O7S3. The van der Waals surface area contributed by atoms with Gasteiger partial charge in [-0.25, -0.2) is 8.42 Å². The van der Waals surface area contributed by atoms with Gasteiger partial charge in [-0.2, -0.15) is 9.30 Å². The number of hydrogen-bond acceptors (Lipinski definition) is 9. The fraction of sp³-hybridized carbons (Fsp3) is 0.409. The van der Waals surface area contributed by atoms with Crippen LogP contribution in [0, 0.1) is 0 Å². The van der Waals surface area contributed by atoms with Crippen molar-refractivity contribution in [1.29, 1.82) is 0 Å². The standard InChI is InChI=1S/C22H23N3O7S3/c1-30-19(26)13-24-15-11-16-17(32-9-8-31-16)12-18(15)34-22(24)23-21(27)14-5-2-3-7-25(14)35(28,29)20-6-4-10-33-20/h4,6,10-12,14H,2-3,5,7-9,13H2,1H3. The number of ether oxygens (including phenoxy) is 3. The van der Waals surface area contributed by atoms with Crippen LogP contribution in [-0.2, 0) is 30.9 Å². The smallest absolute Gasteiger partial charge is 0.325 e. The van der Waals surface area contributed by atoms with E-state index in [2.05, 4.69) is 4.99 Å². The first-order valence-electron chi connectivity index (χ1n) is 11.0. The molecule has 13 heteroatoms. The van der Waals surface area contributed by atoms with Gasteiger partial charge in [-0.1, -0.05) is 23.8 Å². The Balaban J connectivity index is 1.57. The molecule has 0 spiro atoms. The van der Waals surface area contributed by atoms with Crippen LogP contribution in [0.1, 0.15) is 19.3 Å². The zero-order valence-corrected chi connectivity index (χ0v) is 21.3. The molecule has 1 aromatic carbocycles. The molecule has 1 fully saturated rings. The summed E-state index contributed by atoms with van der Waals surface area (Å²) in [6.07, 6.45) is 1.77. The number of fused-ring (bicyclic) bond motifs is 2. The average Bonchev–Trinajstić information content (AvgIpc) is 3.52. The van der Waals surface area contributed by atoms with E-state index >= 15 is 0 Å². The molecule has 0 bridgehead atoms. The highest BCUT2D eigenvalue weighted by Gasteiger charge is 2.38. The molecule has 4 heterocycles. The fourth-order valence-electron chi connectivity index (χ4n) is 4.17. The highest BCUT2D eigenvalue weighted by Crippen LogP contribution is 2.36. The number of carbonyl (C=O) groups excluding carboxylic acids is 2. The number of sulfonamides is 1. The summed E-state index contributed by atoms with van der Waals surface area (Å²) in [4.78, 5) is 30.2. The molecule has 2 aliphatic rings. The number of aromatic nitrogens is 1. The van der Waals surface area contributed by atoms with Gasteiger partial charge in [0.2, 0.25) is 0 Å². The predicted octanol–water partition coefficient (Wildman–Crippen LogP) is 2.38. The Morgan fingerprint density at radius 1 is 1.20 bits per heavy atom. The van der Waals surface area contributed by atoms with Crippen molar-refractivity contribution in [2.75, 3.05) is 26.9 Å². The number of benzene rings is 1. The zero-order valence-electron chi connectivity index (χ0n) is 18.8. The second kappa shape index (κ2) is 9.72. The molecule has 5 rings (SSSR count). The SMILES string of the molecule is COC(=O)Cn1c(=NC(=O)C2CCCCN2S(=O)(=O)c2cccs2)sc2cc3c(cc21)OCCO3. The minimum absolute atomic E-state index is 0.163. The topological polar surface area (TPSA) is 116 Å². The lowest BCUT2D eigenvalue weighted by molar-refractivity contribution is -0.141. The monoisotopic (exact) mass is 537 g/mol. The van der Waals surface area contributed by atoms with Crippen LogP contribution in [0.15, 0.2) is 38.8 Å². The molecule has 0 saturated carbocycles. The molecule has 0 N–H and O–H groups in total. The van der Waals surface area contributed by atoms with Crippen LogP contribution in [0.5, 0.6) is 11.5 Å². The summed E-state index contributed by atoms with van der Waals surface area (Å²) in [6.45, 7) is 0.926. The van der Waals surface area contributed by atoms with E-state index in [-0.39, 0.29) is 22.1 Å². The molecule has 2 aliphatic heterocycles. The van der Waals surface area contributed by atoms with E-state index in [9.17, 15) is 18.0 Å². The molecule has 0 aliphatic carbocycles. The highest BCUT2D eigenvalue weighted by molar-refractivity contribution is 7.91. The van der Waals surface area contributed by atoms with Crippen molar-refractivity contribution in [1.82, 2.24) is 8.87 Å². The summed E-state index contributed by atoms with van der Waals surface area (Å²) in [6, 6.07) is 5.84. The number of carbonyl (C=O) groups is 2. The first kappa shape index (κ1) is 24.0. The number of rotatable bonds is 5. The lowest BCUT2D eigenvalue weighted by Crippen LogP contribution is -2.47. The van der Waals surface area contributed by atoms with Crippen LogP contribution in [0.25, 0.3) is 10.2 Å². The van der Waals surface area contributed by atoms with Crippen LogP contribution in [0.2, 0.25) is 0 Å². The minimum Gasteiger partial charge on any atom is -0.486 e. The van der Waals surface area contributed by atoms with Gasteiger partial charge in [-0.15, -0.1) is 11.3 Å². The van der Waals surface area contributed by atoms with Crippen molar-refractivity contribution in [3.05, 3.63) is 34.4 Å². The van der Waals surface area contributed by atoms with E-state index in [0.717, 1.165) is 22.5 Å². The van der Waals surface area contributed by atoms with Gasteiger partial charge in [0.1, 0.15) is 30.0 Å². The Hall–Kier alpha value is -2.74. The summed E-state index contributed by atoms with van der Waals surface area (Å²) in [7, 11) is -2.53. The summed E-state index contributed by atoms with van der Waals surface area (Å²) in [5.41, 5.74) is 0.642. The predicted molar refractivity (Wildman–Crippen MR) is 129 cm³/mol. The van der Waals surface area contributed by atoms with Crippen LogP contribution >= 0.6 is 22.7 Å². The lowest BCUT2D eigenvalue weighted by atomic mass is 10.0. The van der Waals surface area contributed by atoms with Crippen LogP contribution in [0.3, 0.4) is 0 Å². The van der Waals surface area contributed by atoms with Crippen molar-refractivity contribution in [3.63, 3.8) is 0 Å². The third-order valence-electron chi connectivity index (χ3n) is 5.86. The first-order chi connectivity index (χ1) is 16.9. The number of thiazole rings is 1. The van der Waals surface area contributed by atoms with Gasteiger partial charge >= 0.3 is 5.97 Å². The summed E-state index contributed by atoms with van der Waals surface area (Å²) < 4.78 is 46.4. The lowest BCUT2D eigenvalue weighted by Gasteiger charge is -2.31. The Kier molecular flexibility index (Phi) is 6.66. The maximum atomic E-state index is 13.4. The van der Waals surface area contributed by atoms with E-state index in [1.165, 1.54) is 28.8 Å². The van der Waals surface area contributed by atoms with Gasteiger partial charge < -0.3 is 18.8 Å². The maximum Gasteiger partial charge on any atom is 0.325 e. The Labute approximate surface area is 209 Å². The van der Waals surface area contributed by atoms with Crippen LogP contribution in [0.4, 0.5) is 0 Å². The Bertz CT molecular complexity index is 1440. The fourth-order valence-corrected chi connectivity index (χ4v) is 7.99. The van der Waals surface area contributed by atoms with E-state index in [1.54, 1.807) is 28.1 Å². The molecule has 2 aromatic heterocycles. The normalized spacial score (nSPS) is 19.1. The highest BCUT2D eigenvalue weighted by atomic mass is 32.2. The largest absolute Gasteiger partial charge is 0.486 e. The molecule has 1 unspecified atom stereocenters. The number of esters is 1. The van der Waals surface area contributed by atoms with Crippen molar-refractivity contribution in [3.8, 4) is 11.5 Å². The summed E-state index contributed by atoms with van der Waals surface area (Å²) in [5.74, 6) is 0.0486. The Morgan fingerprint density at radius 3 is 2.69 bits per heavy atom. The molecule has 1 amide bonds. The molecule has 35 heavy (non-hydrogen) atoms. The van der Waals surface area contributed by atoms with Crippen molar-refractivity contribution in [2.45, 2.75) is 36.1 Å². The molecular weight excluding hydrogens is 514 g/mol. The quantitative estimate of drug-likeness (QED) is 0.459. The zero-order chi connectivity index (χ0) is 24.6. The van der Waals surface area contributed by atoms with Crippen LogP contribution in [-0.4, -0.2) is 62.1 Å². The number of amides is 1. The molecule has 0 radical (unpaired) electrons. The number of nitrogens with zero attached hydrogens (tertiary/aromatic N) is 3. The van der Waals surface area contributed by atoms with E-state index in [1.807, 2.05) is 0 Å². The number of hydrogen-bond donors (Lipinski definition) is 0. The van der Waals surface area contributed by atoms with Crippen LogP contribution < -0.4 is 14.3 Å². The number of thiophene rings is 1. The minimum atomic E-state index is -3.81. The van der Waals surface area contributed by atoms with E-state index < -0.39 is 27.9 Å². The number of piperidine rings is 1. The molecule has 1 atom stereocenters. The van der Waals surface area contributed by atoms with Gasteiger partial charge in [0.05, 0.1) is 17.3 Å². The second-order valence-corrected chi connectivity index (χ2v) is 12.1. The van der Waals surface area contributed by atoms with Gasteiger partial charge in [-0.3, -0.25) is 9.59 Å². The average molecular weight is 538 g/mol. The third kappa shape index (κ3) is 4.60. The maximum absolute atomic E-state index is 13.4. The second-order valence-electron chi connectivity index (χ2n) is 8.02.